The number of fused-ring (bicyclic) bond motifs is 2. The van der Waals surface area contributed by atoms with Crippen LogP contribution in [-0.2, 0) is 13.0 Å². The van der Waals surface area contributed by atoms with Crippen LogP contribution in [0, 0.1) is 11.6 Å². The number of nitrogens with zero attached hydrogens (tertiary/aromatic N) is 3. The lowest BCUT2D eigenvalue weighted by Gasteiger charge is -2.30. The van der Waals surface area contributed by atoms with Crippen LogP contribution in [0.5, 0.6) is 11.5 Å². The normalized spacial score (nSPS) is 13.0. The first-order valence-electron chi connectivity index (χ1n) is 10.7. The average molecular weight is 461 g/mol. The Morgan fingerprint density at radius 3 is 2.59 bits per heavy atom. The summed E-state index contributed by atoms with van der Waals surface area (Å²) < 4.78 is 38.9. The molecule has 1 amide bonds. The SMILES string of the molecule is COc1ccc2c(c1OC)CCN(C(=O)c1nc(-c3ccc(F)cc3F)nc3ccccc13)C2. The first-order chi connectivity index (χ1) is 16.5. The standard InChI is InChI=1S/C26H21F2N3O3/c1-33-22-10-7-15-14-31(12-11-17(15)24(22)34-2)26(32)23-19-5-3-4-6-21(19)29-25(30-23)18-9-8-16(27)13-20(18)28/h3-10,13H,11-12,14H2,1-2H3. The predicted molar refractivity (Wildman–Crippen MR) is 123 cm³/mol. The van der Waals surface area contributed by atoms with Gasteiger partial charge in [0, 0.05) is 30.1 Å². The van der Waals surface area contributed by atoms with E-state index in [1.54, 1.807) is 43.4 Å². The number of amides is 1. The third-order valence-corrected chi connectivity index (χ3v) is 6.00. The van der Waals surface area contributed by atoms with E-state index in [9.17, 15) is 13.6 Å². The summed E-state index contributed by atoms with van der Waals surface area (Å²) in [6.45, 7) is 0.820. The summed E-state index contributed by atoms with van der Waals surface area (Å²) in [7, 11) is 3.18. The van der Waals surface area contributed by atoms with Gasteiger partial charge in [0.25, 0.3) is 5.91 Å². The largest absolute Gasteiger partial charge is 0.493 e. The number of halogens is 2. The molecule has 1 aliphatic heterocycles. The number of ether oxygens (including phenoxy) is 2. The number of hydrogen-bond donors (Lipinski definition) is 0. The van der Waals surface area contributed by atoms with Crippen LogP contribution in [0.15, 0.2) is 54.6 Å². The molecule has 34 heavy (non-hydrogen) atoms. The molecule has 0 spiro atoms. The van der Waals surface area contributed by atoms with E-state index < -0.39 is 11.6 Å². The van der Waals surface area contributed by atoms with Crippen LogP contribution in [-0.4, -0.2) is 41.5 Å². The molecule has 4 aromatic rings. The first kappa shape index (κ1) is 21.8. The zero-order chi connectivity index (χ0) is 23.8. The quantitative estimate of drug-likeness (QED) is 0.437. The number of para-hydroxylation sites is 1. The minimum Gasteiger partial charge on any atom is -0.493 e. The lowest BCUT2D eigenvalue weighted by atomic mass is 9.97. The molecule has 0 atom stereocenters. The van der Waals surface area contributed by atoms with Gasteiger partial charge in [-0.15, -0.1) is 0 Å². The Balaban J connectivity index is 1.56. The van der Waals surface area contributed by atoms with E-state index in [-0.39, 0.29) is 23.0 Å². The van der Waals surface area contributed by atoms with Crippen molar-refractivity contribution in [3.05, 3.63) is 83.1 Å². The highest BCUT2D eigenvalue weighted by Crippen LogP contribution is 2.37. The lowest BCUT2D eigenvalue weighted by molar-refractivity contribution is 0.0730. The van der Waals surface area contributed by atoms with Crippen molar-refractivity contribution in [2.75, 3.05) is 20.8 Å². The van der Waals surface area contributed by atoms with Gasteiger partial charge in [0.05, 0.1) is 25.3 Å². The molecule has 2 heterocycles. The molecule has 0 unspecified atom stereocenters. The number of carbonyl (C=O) groups excluding carboxylic acids is 1. The molecule has 0 saturated heterocycles. The van der Waals surface area contributed by atoms with Crippen LogP contribution in [0.3, 0.4) is 0 Å². The van der Waals surface area contributed by atoms with Crippen molar-refractivity contribution in [2.45, 2.75) is 13.0 Å². The number of hydrogen-bond acceptors (Lipinski definition) is 5. The van der Waals surface area contributed by atoms with Gasteiger partial charge in [-0.1, -0.05) is 24.3 Å². The van der Waals surface area contributed by atoms with Crippen molar-refractivity contribution < 1.29 is 23.0 Å². The van der Waals surface area contributed by atoms with Gasteiger partial charge >= 0.3 is 0 Å². The molecular weight excluding hydrogens is 440 g/mol. The molecule has 0 aliphatic carbocycles. The maximum Gasteiger partial charge on any atom is 0.273 e. The smallest absolute Gasteiger partial charge is 0.273 e. The second kappa shape index (κ2) is 8.70. The van der Waals surface area contributed by atoms with Crippen LogP contribution < -0.4 is 9.47 Å². The molecule has 8 heteroatoms. The van der Waals surface area contributed by atoms with Crippen molar-refractivity contribution in [2.24, 2.45) is 0 Å². The first-order valence-corrected chi connectivity index (χ1v) is 10.7. The van der Waals surface area contributed by atoms with Crippen molar-refractivity contribution in [1.29, 1.82) is 0 Å². The molecule has 0 radical (unpaired) electrons. The summed E-state index contributed by atoms with van der Waals surface area (Å²) >= 11 is 0. The fraction of sp³-hybridized carbons (Fsp3) is 0.192. The maximum absolute atomic E-state index is 14.5. The molecule has 3 aromatic carbocycles. The van der Waals surface area contributed by atoms with Gasteiger partial charge in [-0.2, -0.15) is 0 Å². The molecule has 0 N–H and O–H groups in total. The van der Waals surface area contributed by atoms with E-state index in [2.05, 4.69) is 9.97 Å². The Labute approximate surface area is 194 Å². The summed E-state index contributed by atoms with van der Waals surface area (Å²) in [6, 6.07) is 14.0. The molecule has 6 nitrogen and oxygen atoms in total. The van der Waals surface area contributed by atoms with Crippen LogP contribution >= 0.6 is 0 Å². The van der Waals surface area contributed by atoms with Gasteiger partial charge in [-0.3, -0.25) is 4.79 Å². The number of rotatable bonds is 4. The van der Waals surface area contributed by atoms with E-state index >= 15 is 0 Å². The van der Waals surface area contributed by atoms with Crippen molar-refractivity contribution in [3.63, 3.8) is 0 Å². The molecule has 0 bridgehead atoms. The van der Waals surface area contributed by atoms with E-state index in [1.807, 2.05) is 12.1 Å². The lowest BCUT2D eigenvalue weighted by Crippen LogP contribution is -2.36. The third kappa shape index (κ3) is 3.71. The van der Waals surface area contributed by atoms with Crippen molar-refractivity contribution >= 4 is 16.8 Å². The molecule has 172 valence electrons. The number of methoxy groups -OCH3 is 2. The molecule has 0 saturated carbocycles. The Morgan fingerprint density at radius 1 is 1.00 bits per heavy atom. The van der Waals surface area contributed by atoms with Crippen molar-refractivity contribution in [1.82, 2.24) is 14.9 Å². The maximum atomic E-state index is 14.5. The second-order valence-electron chi connectivity index (χ2n) is 7.95. The van der Waals surface area contributed by atoms with E-state index in [1.165, 1.54) is 6.07 Å². The summed E-state index contributed by atoms with van der Waals surface area (Å²) in [5.74, 6) is -0.424. The van der Waals surface area contributed by atoms with Crippen LogP contribution in [0.2, 0.25) is 0 Å². The monoisotopic (exact) mass is 461 g/mol. The third-order valence-electron chi connectivity index (χ3n) is 6.00. The minimum absolute atomic E-state index is 0.0297. The zero-order valence-electron chi connectivity index (χ0n) is 18.6. The Morgan fingerprint density at radius 2 is 1.82 bits per heavy atom. The zero-order valence-corrected chi connectivity index (χ0v) is 18.6. The van der Waals surface area contributed by atoms with E-state index in [4.69, 9.17) is 9.47 Å². The fourth-order valence-corrected chi connectivity index (χ4v) is 4.34. The second-order valence-corrected chi connectivity index (χ2v) is 7.95. The number of carbonyl (C=O) groups is 1. The highest BCUT2D eigenvalue weighted by molar-refractivity contribution is 6.05. The van der Waals surface area contributed by atoms with Gasteiger partial charge < -0.3 is 14.4 Å². The van der Waals surface area contributed by atoms with Gasteiger partial charge in [0.1, 0.15) is 17.3 Å². The summed E-state index contributed by atoms with van der Waals surface area (Å²) in [5.41, 5.74) is 2.67. The Bertz CT molecular complexity index is 1420. The van der Waals surface area contributed by atoms with Gasteiger partial charge in [0.15, 0.2) is 17.3 Å². The summed E-state index contributed by atoms with van der Waals surface area (Å²) in [5, 5.41) is 0.567. The Kier molecular flexibility index (Phi) is 5.57. The predicted octanol–water partition coefficient (Wildman–Crippen LogP) is 4.79. The molecule has 1 aromatic heterocycles. The summed E-state index contributed by atoms with van der Waals surface area (Å²) in [4.78, 5) is 24.2. The van der Waals surface area contributed by atoms with Crippen LogP contribution in [0.1, 0.15) is 21.6 Å². The minimum atomic E-state index is -0.790. The Hall–Kier alpha value is -4.07. The van der Waals surface area contributed by atoms with E-state index in [0.717, 1.165) is 23.3 Å². The number of benzene rings is 3. The molecular formula is C26H21F2N3O3. The molecule has 5 rings (SSSR count). The highest BCUT2D eigenvalue weighted by atomic mass is 19.1. The van der Waals surface area contributed by atoms with E-state index in [0.29, 0.717) is 41.9 Å². The number of aromatic nitrogens is 2. The topological polar surface area (TPSA) is 64.6 Å². The van der Waals surface area contributed by atoms with Gasteiger partial charge in [-0.25, -0.2) is 18.7 Å². The highest BCUT2D eigenvalue weighted by Gasteiger charge is 2.28. The molecule has 1 aliphatic rings. The average Bonchev–Trinajstić information content (AvgIpc) is 2.86. The fourth-order valence-electron chi connectivity index (χ4n) is 4.34. The van der Waals surface area contributed by atoms with Crippen molar-refractivity contribution in [3.8, 4) is 22.9 Å². The van der Waals surface area contributed by atoms with Gasteiger partial charge in [-0.05, 0) is 36.2 Å². The van der Waals surface area contributed by atoms with Gasteiger partial charge in [0.2, 0.25) is 0 Å². The molecule has 0 fully saturated rings. The summed E-state index contributed by atoms with van der Waals surface area (Å²) in [6.07, 6.45) is 0.587. The van der Waals surface area contributed by atoms with Crippen LogP contribution in [0.4, 0.5) is 8.78 Å². The van der Waals surface area contributed by atoms with Crippen LogP contribution in [0.25, 0.3) is 22.3 Å².